The fraction of sp³-hybridized carbons (Fsp3) is 0.625. The summed E-state index contributed by atoms with van der Waals surface area (Å²) in [6.07, 6.45) is 5.39. The fourth-order valence-corrected chi connectivity index (χ4v) is 5.09. The molecule has 1 aliphatic heterocycles. The molecular weight excluding hydrogens is 465 g/mol. The first-order valence-corrected chi connectivity index (χ1v) is 9.44. The molecular formula is C16H25Br2Cl2N3. The highest BCUT2D eigenvalue weighted by Gasteiger charge is 2.33. The fourth-order valence-electron chi connectivity index (χ4n) is 3.83. The Morgan fingerprint density at radius 1 is 1.09 bits per heavy atom. The second-order valence-corrected chi connectivity index (χ2v) is 7.94. The molecule has 1 aromatic rings. The van der Waals surface area contributed by atoms with E-state index in [0.29, 0.717) is 6.04 Å². The van der Waals surface area contributed by atoms with Crippen LogP contribution in [0.15, 0.2) is 21.1 Å². The molecule has 132 valence electrons. The monoisotopic (exact) mass is 487 g/mol. The lowest BCUT2D eigenvalue weighted by Crippen LogP contribution is -2.46. The van der Waals surface area contributed by atoms with Gasteiger partial charge in [0.25, 0.3) is 0 Å². The van der Waals surface area contributed by atoms with Gasteiger partial charge in [-0.25, -0.2) is 0 Å². The minimum atomic E-state index is 0. The average Bonchev–Trinajstić information content (AvgIpc) is 2.99. The third kappa shape index (κ3) is 4.99. The summed E-state index contributed by atoms with van der Waals surface area (Å²) in [6, 6.07) is 4.73. The standard InChI is InChI=1S/C16H23Br2N3.2ClH/c17-12-9-13(15(19)14(18)10-12)16(11-3-1-2-4-11)21-7-5-20-6-8-21;;/h9-11,16,20H,1-8,19H2;2*1H/t16-;;/m1../s1. The molecule has 1 atom stereocenters. The number of anilines is 1. The van der Waals surface area contributed by atoms with Crippen LogP contribution in [0.1, 0.15) is 37.3 Å². The molecule has 3 nitrogen and oxygen atoms in total. The van der Waals surface area contributed by atoms with E-state index in [1.807, 2.05) is 6.07 Å². The van der Waals surface area contributed by atoms with Gasteiger partial charge in [-0.15, -0.1) is 24.8 Å². The topological polar surface area (TPSA) is 41.3 Å². The Bertz CT molecular complexity index is 504. The van der Waals surface area contributed by atoms with Gasteiger partial charge in [-0.2, -0.15) is 0 Å². The summed E-state index contributed by atoms with van der Waals surface area (Å²) in [5.74, 6) is 0.742. The zero-order valence-corrected chi connectivity index (χ0v) is 17.9. The summed E-state index contributed by atoms with van der Waals surface area (Å²) in [6.45, 7) is 4.39. The van der Waals surface area contributed by atoms with Crippen molar-refractivity contribution in [2.24, 2.45) is 5.92 Å². The van der Waals surface area contributed by atoms with Gasteiger partial charge in [0.05, 0.1) is 5.69 Å². The maximum absolute atomic E-state index is 6.42. The normalized spacial score (nSPS) is 20.6. The molecule has 0 bridgehead atoms. The average molecular weight is 490 g/mol. The van der Waals surface area contributed by atoms with E-state index in [9.17, 15) is 0 Å². The number of halogens is 4. The number of hydrogen-bond acceptors (Lipinski definition) is 3. The zero-order valence-electron chi connectivity index (χ0n) is 13.1. The van der Waals surface area contributed by atoms with Crippen molar-refractivity contribution in [2.45, 2.75) is 31.7 Å². The predicted molar refractivity (Wildman–Crippen MR) is 110 cm³/mol. The van der Waals surface area contributed by atoms with E-state index in [1.54, 1.807) is 0 Å². The Morgan fingerprint density at radius 2 is 1.70 bits per heavy atom. The van der Waals surface area contributed by atoms with E-state index in [-0.39, 0.29) is 24.8 Å². The highest BCUT2D eigenvalue weighted by Crippen LogP contribution is 2.43. The van der Waals surface area contributed by atoms with Crippen LogP contribution in [-0.2, 0) is 0 Å². The van der Waals surface area contributed by atoms with E-state index >= 15 is 0 Å². The van der Waals surface area contributed by atoms with Crippen LogP contribution in [-0.4, -0.2) is 31.1 Å². The summed E-state index contributed by atoms with van der Waals surface area (Å²) in [5, 5.41) is 3.46. The van der Waals surface area contributed by atoms with Crippen LogP contribution in [0.25, 0.3) is 0 Å². The minimum Gasteiger partial charge on any atom is -0.398 e. The molecule has 3 rings (SSSR count). The number of benzene rings is 1. The van der Waals surface area contributed by atoms with Crippen molar-refractivity contribution < 1.29 is 0 Å². The number of rotatable bonds is 3. The molecule has 0 unspecified atom stereocenters. The van der Waals surface area contributed by atoms with Gasteiger partial charge < -0.3 is 11.1 Å². The van der Waals surface area contributed by atoms with Gasteiger partial charge in [-0.1, -0.05) is 28.8 Å². The smallest absolute Gasteiger partial charge is 0.0507 e. The molecule has 1 saturated carbocycles. The summed E-state index contributed by atoms with van der Waals surface area (Å²) in [5.41, 5.74) is 8.62. The van der Waals surface area contributed by atoms with Gasteiger partial charge in [0, 0.05) is 41.2 Å². The van der Waals surface area contributed by atoms with E-state index in [4.69, 9.17) is 5.73 Å². The number of nitrogens with two attached hydrogens (primary N) is 1. The van der Waals surface area contributed by atoms with Crippen molar-refractivity contribution in [3.05, 3.63) is 26.6 Å². The lowest BCUT2D eigenvalue weighted by atomic mass is 9.89. The van der Waals surface area contributed by atoms with Crippen molar-refractivity contribution in [1.82, 2.24) is 10.2 Å². The molecule has 7 heteroatoms. The highest BCUT2D eigenvalue weighted by atomic mass is 79.9. The Hall–Kier alpha value is 0.480. The van der Waals surface area contributed by atoms with Crippen molar-refractivity contribution in [1.29, 1.82) is 0 Å². The van der Waals surface area contributed by atoms with Crippen LogP contribution in [0.4, 0.5) is 5.69 Å². The first kappa shape index (κ1) is 21.5. The Morgan fingerprint density at radius 3 is 2.30 bits per heavy atom. The molecule has 3 N–H and O–H groups in total. The molecule has 1 aliphatic carbocycles. The maximum Gasteiger partial charge on any atom is 0.0507 e. The molecule has 2 fully saturated rings. The number of nitrogens with zero attached hydrogens (tertiary/aromatic N) is 1. The molecule has 2 aliphatic rings. The van der Waals surface area contributed by atoms with E-state index in [1.165, 1.54) is 31.2 Å². The molecule has 0 aromatic heterocycles. The molecule has 1 aromatic carbocycles. The van der Waals surface area contributed by atoms with Crippen molar-refractivity contribution in [3.8, 4) is 0 Å². The van der Waals surface area contributed by atoms with E-state index in [0.717, 1.165) is 46.7 Å². The van der Waals surface area contributed by atoms with Crippen LogP contribution in [0.2, 0.25) is 0 Å². The Kier molecular flexibility index (Phi) is 9.20. The third-order valence-electron chi connectivity index (χ3n) is 4.84. The molecule has 23 heavy (non-hydrogen) atoms. The van der Waals surface area contributed by atoms with Crippen LogP contribution in [0.5, 0.6) is 0 Å². The predicted octanol–water partition coefficient (Wildman–Crippen LogP) is 4.77. The first-order chi connectivity index (χ1) is 10.2. The first-order valence-electron chi connectivity index (χ1n) is 7.86. The molecule has 0 spiro atoms. The molecule has 1 saturated heterocycles. The lowest BCUT2D eigenvalue weighted by Gasteiger charge is -2.39. The van der Waals surface area contributed by atoms with E-state index in [2.05, 4.69) is 48.1 Å². The lowest BCUT2D eigenvalue weighted by molar-refractivity contribution is 0.126. The molecule has 1 heterocycles. The summed E-state index contributed by atoms with van der Waals surface area (Å²) in [4.78, 5) is 2.64. The Balaban J connectivity index is 0.00000132. The zero-order chi connectivity index (χ0) is 14.8. The van der Waals surface area contributed by atoms with Gasteiger partial charge in [0.1, 0.15) is 0 Å². The van der Waals surface area contributed by atoms with Crippen LogP contribution >= 0.6 is 56.7 Å². The van der Waals surface area contributed by atoms with Crippen LogP contribution < -0.4 is 11.1 Å². The van der Waals surface area contributed by atoms with Crippen molar-refractivity contribution >= 4 is 62.4 Å². The third-order valence-corrected chi connectivity index (χ3v) is 5.95. The van der Waals surface area contributed by atoms with Gasteiger partial charge >= 0.3 is 0 Å². The second-order valence-electron chi connectivity index (χ2n) is 6.17. The molecule has 0 amide bonds. The summed E-state index contributed by atoms with van der Waals surface area (Å²) >= 11 is 7.24. The number of nitrogen functional groups attached to an aromatic ring is 1. The molecule has 0 radical (unpaired) electrons. The quantitative estimate of drug-likeness (QED) is 0.601. The SMILES string of the molecule is Cl.Cl.Nc1c(Br)cc(Br)cc1[C@@H](C1CCCC1)N1CCNCC1. The highest BCUT2D eigenvalue weighted by molar-refractivity contribution is 9.11. The van der Waals surface area contributed by atoms with Crippen molar-refractivity contribution in [2.75, 3.05) is 31.9 Å². The van der Waals surface area contributed by atoms with Gasteiger partial charge in [-0.3, -0.25) is 4.90 Å². The largest absolute Gasteiger partial charge is 0.398 e. The van der Waals surface area contributed by atoms with Crippen molar-refractivity contribution in [3.63, 3.8) is 0 Å². The number of piperazine rings is 1. The Labute approximate surface area is 168 Å². The summed E-state index contributed by atoms with van der Waals surface area (Å²) < 4.78 is 2.11. The van der Waals surface area contributed by atoms with Gasteiger partial charge in [0.15, 0.2) is 0 Å². The minimum absolute atomic E-state index is 0. The maximum atomic E-state index is 6.42. The van der Waals surface area contributed by atoms with Crippen LogP contribution in [0, 0.1) is 5.92 Å². The second kappa shape index (κ2) is 9.83. The van der Waals surface area contributed by atoms with E-state index < -0.39 is 0 Å². The van der Waals surface area contributed by atoms with Crippen LogP contribution in [0.3, 0.4) is 0 Å². The number of nitrogens with one attached hydrogen (secondary N) is 1. The summed E-state index contributed by atoms with van der Waals surface area (Å²) in [7, 11) is 0. The van der Waals surface area contributed by atoms with Gasteiger partial charge in [0.2, 0.25) is 0 Å². The van der Waals surface area contributed by atoms with Gasteiger partial charge in [-0.05, 0) is 52.4 Å². The number of hydrogen-bond donors (Lipinski definition) is 2.